The largest absolute Gasteiger partial charge is 0.256 e. The number of aromatic nitrogens is 1. The normalized spacial score (nSPS) is 16.1. The minimum absolute atomic E-state index is 0.0137. The van der Waals surface area contributed by atoms with Gasteiger partial charge in [0.1, 0.15) is 23.3 Å². The van der Waals surface area contributed by atoms with Gasteiger partial charge in [0.25, 0.3) is 0 Å². The van der Waals surface area contributed by atoms with Crippen molar-refractivity contribution in [3.63, 3.8) is 0 Å². The van der Waals surface area contributed by atoms with Gasteiger partial charge in [0.15, 0.2) is 0 Å². The van der Waals surface area contributed by atoms with Crippen LogP contribution in [0.3, 0.4) is 0 Å². The molecule has 0 aliphatic heterocycles. The van der Waals surface area contributed by atoms with Crippen LogP contribution in [0.2, 0.25) is 5.02 Å². The maximum absolute atomic E-state index is 13.9. The summed E-state index contributed by atoms with van der Waals surface area (Å²) in [6.45, 7) is 0. The molecule has 0 saturated heterocycles. The minimum atomic E-state index is -0.842. The first-order chi connectivity index (χ1) is 8.13. The van der Waals surface area contributed by atoms with Crippen LogP contribution >= 0.6 is 11.6 Å². The fourth-order valence-electron chi connectivity index (χ4n) is 1.66. The van der Waals surface area contributed by atoms with Gasteiger partial charge >= 0.3 is 0 Å². The summed E-state index contributed by atoms with van der Waals surface area (Å²) >= 11 is 5.77. The first-order valence-corrected chi connectivity index (χ1v) is 5.31. The van der Waals surface area contributed by atoms with Crippen LogP contribution in [0, 0.1) is 11.3 Å². The zero-order chi connectivity index (χ0) is 12.4. The summed E-state index contributed by atoms with van der Waals surface area (Å²) in [5.74, 6) is -1.55. The summed E-state index contributed by atoms with van der Waals surface area (Å²) < 4.78 is 27.1. The number of halogens is 3. The van der Waals surface area contributed by atoms with E-state index in [2.05, 4.69) is 4.98 Å². The third kappa shape index (κ3) is 2.20. The molecular weight excluding hydrogens is 246 g/mol. The number of nitrogens with zero attached hydrogens (tertiary/aromatic N) is 2. The Morgan fingerprint density at radius 2 is 2.12 bits per heavy atom. The molecule has 17 heavy (non-hydrogen) atoms. The number of hydrogen-bond acceptors (Lipinski definition) is 2. The van der Waals surface area contributed by atoms with Gasteiger partial charge in [-0.1, -0.05) is 11.6 Å². The van der Waals surface area contributed by atoms with Crippen LogP contribution in [0.1, 0.15) is 18.5 Å². The molecule has 1 aliphatic rings. The van der Waals surface area contributed by atoms with E-state index in [9.17, 15) is 8.78 Å². The number of allylic oxidation sites excluding steroid dienone is 4. The molecule has 0 aromatic carbocycles. The van der Waals surface area contributed by atoms with Gasteiger partial charge in [0.05, 0.1) is 5.69 Å². The average Bonchev–Trinajstić information content (AvgIpc) is 2.29. The van der Waals surface area contributed by atoms with E-state index in [1.165, 1.54) is 18.3 Å². The highest BCUT2D eigenvalue weighted by molar-refractivity contribution is 6.30. The summed E-state index contributed by atoms with van der Waals surface area (Å²) in [5, 5.41) is 9.10. The predicted octanol–water partition coefficient (Wildman–Crippen LogP) is 3.96. The molecular formula is C12H7ClF2N2. The van der Waals surface area contributed by atoms with Crippen molar-refractivity contribution in [1.82, 2.24) is 4.98 Å². The first kappa shape index (κ1) is 11.7. The lowest BCUT2D eigenvalue weighted by Gasteiger charge is -2.14. The topological polar surface area (TPSA) is 36.7 Å². The van der Waals surface area contributed by atoms with Crippen LogP contribution in [0.25, 0.3) is 5.57 Å². The van der Waals surface area contributed by atoms with Crippen molar-refractivity contribution in [3.8, 4) is 6.07 Å². The number of rotatable bonds is 1. The molecule has 1 aliphatic carbocycles. The summed E-state index contributed by atoms with van der Waals surface area (Å²) in [7, 11) is 0. The van der Waals surface area contributed by atoms with Gasteiger partial charge in [-0.15, -0.1) is 0 Å². The Morgan fingerprint density at radius 3 is 2.76 bits per heavy atom. The molecule has 2 rings (SSSR count). The molecule has 1 aromatic rings. The van der Waals surface area contributed by atoms with Crippen molar-refractivity contribution < 1.29 is 8.78 Å². The third-order valence-electron chi connectivity index (χ3n) is 2.49. The van der Waals surface area contributed by atoms with Gasteiger partial charge in [-0.3, -0.25) is 4.98 Å². The zero-order valence-electron chi connectivity index (χ0n) is 8.67. The van der Waals surface area contributed by atoms with E-state index in [0.29, 0.717) is 10.7 Å². The van der Waals surface area contributed by atoms with E-state index < -0.39 is 17.2 Å². The van der Waals surface area contributed by atoms with Crippen LogP contribution in [-0.2, 0) is 0 Å². The molecule has 2 nitrogen and oxygen atoms in total. The smallest absolute Gasteiger partial charge is 0.148 e. The number of nitriles is 1. The zero-order valence-corrected chi connectivity index (χ0v) is 9.43. The molecule has 0 saturated carbocycles. The molecule has 1 aromatic heterocycles. The fourth-order valence-corrected chi connectivity index (χ4v) is 1.82. The van der Waals surface area contributed by atoms with Gasteiger partial charge < -0.3 is 0 Å². The SMILES string of the molecule is N#CC1=C(F)CCC(c2cc(Cl)ccn2)=C1F. The van der Waals surface area contributed by atoms with E-state index in [-0.39, 0.29) is 18.4 Å². The molecule has 0 atom stereocenters. The van der Waals surface area contributed by atoms with Gasteiger partial charge in [-0.05, 0) is 18.6 Å². The van der Waals surface area contributed by atoms with E-state index in [1.807, 2.05) is 0 Å². The lowest BCUT2D eigenvalue weighted by atomic mass is 9.95. The average molecular weight is 253 g/mol. The van der Waals surface area contributed by atoms with Crippen LogP contribution in [-0.4, -0.2) is 4.98 Å². The fraction of sp³-hybridized carbons (Fsp3) is 0.167. The Balaban J connectivity index is 2.54. The Labute approximate surface area is 102 Å². The van der Waals surface area contributed by atoms with Gasteiger partial charge in [-0.25, -0.2) is 8.78 Å². The summed E-state index contributed by atoms with van der Waals surface area (Å²) in [4.78, 5) is 3.97. The van der Waals surface area contributed by atoms with Crippen molar-refractivity contribution in [1.29, 1.82) is 5.26 Å². The van der Waals surface area contributed by atoms with Crippen molar-refractivity contribution in [2.24, 2.45) is 0 Å². The Kier molecular flexibility index (Phi) is 3.21. The second-order valence-electron chi connectivity index (χ2n) is 3.54. The van der Waals surface area contributed by atoms with Crippen molar-refractivity contribution in [2.75, 3.05) is 0 Å². The maximum Gasteiger partial charge on any atom is 0.148 e. The van der Waals surface area contributed by atoms with E-state index in [0.717, 1.165) is 0 Å². The lowest BCUT2D eigenvalue weighted by molar-refractivity contribution is 0.553. The summed E-state index contributed by atoms with van der Waals surface area (Å²) in [5.41, 5.74) is 0.0359. The van der Waals surface area contributed by atoms with Crippen LogP contribution in [0.4, 0.5) is 8.78 Å². The quantitative estimate of drug-likeness (QED) is 0.759. The predicted molar refractivity (Wildman–Crippen MR) is 60.3 cm³/mol. The third-order valence-corrected chi connectivity index (χ3v) is 2.73. The van der Waals surface area contributed by atoms with Gasteiger partial charge in [0, 0.05) is 23.2 Å². The molecule has 1 heterocycles. The minimum Gasteiger partial charge on any atom is -0.256 e. The number of pyridine rings is 1. The Hall–Kier alpha value is -1.73. The van der Waals surface area contributed by atoms with Crippen molar-refractivity contribution >= 4 is 17.2 Å². The molecule has 0 radical (unpaired) electrons. The van der Waals surface area contributed by atoms with Gasteiger partial charge in [0.2, 0.25) is 0 Å². The van der Waals surface area contributed by atoms with Crippen LogP contribution in [0.15, 0.2) is 35.6 Å². The Bertz CT molecular complexity index is 570. The molecule has 0 spiro atoms. The highest BCUT2D eigenvalue weighted by Crippen LogP contribution is 2.36. The van der Waals surface area contributed by atoms with E-state index in [1.54, 1.807) is 6.07 Å². The maximum atomic E-state index is 13.9. The molecule has 86 valence electrons. The molecule has 0 fully saturated rings. The second-order valence-corrected chi connectivity index (χ2v) is 3.98. The molecule has 0 unspecified atom stereocenters. The van der Waals surface area contributed by atoms with Crippen LogP contribution < -0.4 is 0 Å². The standard InChI is InChI=1S/C12H7ClF2N2/c13-7-3-4-17-11(5-7)8-1-2-10(14)9(6-16)12(8)15/h3-5H,1-2H2. The molecule has 0 amide bonds. The second kappa shape index (κ2) is 4.64. The molecule has 0 N–H and O–H groups in total. The van der Waals surface area contributed by atoms with Crippen molar-refractivity contribution in [2.45, 2.75) is 12.8 Å². The van der Waals surface area contributed by atoms with E-state index in [4.69, 9.17) is 16.9 Å². The summed E-state index contributed by atoms with van der Waals surface area (Å²) in [6.07, 6.45) is 1.63. The molecule has 0 bridgehead atoms. The highest BCUT2D eigenvalue weighted by atomic mass is 35.5. The Morgan fingerprint density at radius 1 is 1.35 bits per heavy atom. The lowest BCUT2D eigenvalue weighted by Crippen LogP contribution is -2.01. The highest BCUT2D eigenvalue weighted by Gasteiger charge is 2.24. The van der Waals surface area contributed by atoms with E-state index >= 15 is 0 Å². The number of hydrogen-bond donors (Lipinski definition) is 0. The van der Waals surface area contributed by atoms with Gasteiger partial charge in [-0.2, -0.15) is 5.26 Å². The molecule has 5 heteroatoms. The van der Waals surface area contributed by atoms with Crippen LogP contribution in [0.5, 0.6) is 0 Å². The monoisotopic (exact) mass is 252 g/mol. The first-order valence-electron chi connectivity index (χ1n) is 4.93. The van der Waals surface area contributed by atoms with Crippen molar-refractivity contribution in [3.05, 3.63) is 46.3 Å². The summed E-state index contributed by atoms with van der Waals surface area (Å²) in [6, 6.07) is 4.59.